The molecule has 0 unspecified atom stereocenters. The van der Waals surface area contributed by atoms with Gasteiger partial charge in [0.25, 0.3) is 5.91 Å². The van der Waals surface area contributed by atoms with Gasteiger partial charge in [0.05, 0.1) is 13.2 Å². The molecular weight excluding hydrogens is 482 g/mol. The Labute approximate surface area is 230 Å². The number of hydrogen-bond donors (Lipinski definition) is 3. The lowest BCUT2D eigenvalue weighted by Crippen LogP contribution is -2.49. The Bertz CT molecular complexity index is 753. The minimum atomic E-state index is -0.261. The van der Waals surface area contributed by atoms with Gasteiger partial charge in [-0.05, 0) is 31.9 Å². The quantitative estimate of drug-likeness (QED) is 0.121. The Hall–Kier alpha value is -2.16. The molecule has 0 aliphatic carbocycles. The van der Waals surface area contributed by atoms with Gasteiger partial charge in [0.1, 0.15) is 5.75 Å². The molecule has 1 saturated heterocycles. The molecule has 2 rings (SSSR count). The average Bonchev–Trinajstić information content (AvgIpc) is 2.91. The van der Waals surface area contributed by atoms with Gasteiger partial charge in [0.15, 0.2) is 6.61 Å². The van der Waals surface area contributed by atoms with Crippen LogP contribution < -0.4 is 15.6 Å². The number of hydroxylamine groups is 1. The summed E-state index contributed by atoms with van der Waals surface area (Å²) in [4.78, 5) is 22.5. The SMILES string of the molecule is CCCCCCCCCCCCCCCC(=O)NO.Cc1ccc(OCC(=O)NN2CCOCC2)c(C)c1. The number of nitrogens with zero attached hydrogens (tertiary/aromatic N) is 1. The summed E-state index contributed by atoms with van der Waals surface area (Å²) in [6, 6.07) is 5.91. The molecule has 3 N–H and O–H groups in total. The minimum Gasteiger partial charge on any atom is -0.483 e. The van der Waals surface area contributed by atoms with E-state index in [9.17, 15) is 9.59 Å². The highest BCUT2D eigenvalue weighted by atomic mass is 16.5. The van der Waals surface area contributed by atoms with E-state index in [1.165, 1.54) is 76.2 Å². The van der Waals surface area contributed by atoms with Gasteiger partial charge >= 0.3 is 0 Å². The van der Waals surface area contributed by atoms with E-state index in [2.05, 4.69) is 12.3 Å². The second-order valence-corrected chi connectivity index (χ2v) is 10.2. The van der Waals surface area contributed by atoms with Crippen LogP contribution in [0, 0.1) is 13.8 Å². The molecule has 38 heavy (non-hydrogen) atoms. The molecule has 0 bridgehead atoms. The number of hydrogen-bond acceptors (Lipinski definition) is 6. The molecule has 0 aromatic heterocycles. The highest BCUT2D eigenvalue weighted by molar-refractivity contribution is 5.77. The maximum absolute atomic E-state index is 11.7. The minimum absolute atomic E-state index is 0.0290. The number of hydrazine groups is 1. The fourth-order valence-corrected chi connectivity index (χ4v) is 4.35. The Morgan fingerprint density at radius 2 is 1.42 bits per heavy atom. The van der Waals surface area contributed by atoms with Gasteiger partial charge in [-0.15, -0.1) is 0 Å². The third kappa shape index (κ3) is 18.2. The third-order valence-electron chi connectivity index (χ3n) is 6.62. The van der Waals surface area contributed by atoms with Gasteiger partial charge in [-0.1, -0.05) is 102 Å². The van der Waals surface area contributed by atoms with Crippen LogP contribution in [-0.2, 0) is 14.3 Å². The van der Waals surface area contributed by atoms with Crippen LogP contribution in [-0.4, -0.2) is 54.9 Å². The molecule has 1 aromatic rings. The summed E-state index contributed by atoms with van der Waals surface area (Å²) in [5.74, 6) is 0.354. The lowest BCUT2D eigenvalue weighted by atomic mass is 10.0. The van der Waals surface area contributed by atoms with E-state index in [0.29, 0.717) is 19.6 Å². The fraction of sp³-hybridized carbons (Fsp3) is 0.733. The number of aryl methyl sites for hydroxylation is 2. The van der Waals surface area contributed by atoms with Crippen molar-refractivity contribution in [3.8, 4) is 5.75 Å². The van der Waals surface area contributed by atoms with Crippen molar-refractivity contribution in [1.82, 2.24) is 15.9 Å². The first kappa shape index (κ1) is 33.9. The summed E-state index contributed by atoms with van der Waals surface area (Å²) in [6.45, 7) is 9.03. The smallest absolute Gasteiger partial charge is 0.272 e. The van der Waals surface area contributed by atoms with E-state index in [4.69, 9.17) is 14.7 Å². The van der Waals surface area contributed by atoms with Crippen molar-refractivity contribution in [3.05, 3.63) is 29.3 Å². The van der Waals surface area contributed by atoms with Crippen molar-refractivity contribution < 1.29 is 24.3 Å². The predicted molar refractivity (Wildman–Crippen MR) is 152 cm³/mol. The zero-order chi connectivity index (χ0) is 27.8. The van der Waals surface area contributed by atoms with E-state index >= 15 is 0 Å². The monoisotopic (exact) mass is 535 g/mol. The molecule has 1 fully saturated rings. The summed E-state index contributed by atoms with van der Waals surface area (Å²) in [7, 11) is 0. The zero-order valence-electron chi connectivity index (χ0n) is 24.2. The number of carbonyl (C=O) groups is 2. The van der Waals surface area contributed by atoms with Crippen LogP contribution in [0.2, 0.25) is 0 Å². The molecule has 0 spiro atoms. The third-order valence-corrected chi connectivity index (χ3v) is 6.62. The van der Waals surface area contributed by atoms with Gasteiger partial charge in [0.2, 0.25) is 5.91 Å². The summed E-state index contributed by atoms with van der Waals surface area (Å²) < 4.78 is 10.7. The van der Waals surface area contributed by atoms with Gasteiger partial charge in [-0.3, -0.25) is 20.2 Å². The first-order chi connectivity index (χ1) is 18.5. The van der Waals surface area contributed by atoms with Crippen LogP contribution in [0.4, 0.5) is 0 Å². The Balaban J connectivity index is 0.000000380. The van der Waals surface area contributed by atoms with Gasteiger partial charge in [-0.2, -0.15) is 0 Å². The number of morpholine rings is 1. The number of nitrogens with one attached hydrogen (secondary N) is 2. The van der Waals surface area contributed by atoms with Crippen LogP contribution >= 0.6 is 0 Å². The van der Waals surface area contributed by atoms with E-state index in [1.54, 1.807) is 5.48 Å². The first-order valence-electron chi connectivity index (χ1n) is 14.7. The van der Waals surface area contributed by atoms with E-state index in [-0.39, 0.29) is 18.4 Å². The summed E-state index contributed by atoms with van der Waals surface area (Å²) in [5.41, 5.74) is 6.70. The number of benzene rings is 1. The van der Waals surface area contributed by atoms with Crippen molar-refractivity contribution in [2.45, 2.75) is 111 Å². The van der Waals surface area contributed by atoms with E-state index in [1.807, 2.05) is 37.1 Å². The van der Waals surface area contributed by atoms with Gasteiger partial charge < -0.3 is 9.47 Å². The number of rotatable bonds is 18. The molecule has 0 radical (unpaired) electrons. The molecule has 2 amide bonds. The number of ether oxygens (including phenoxy) is 2. The van der Waals surface area contributed by atoms with E-state index < -0.39 is 0 Å². The Morgan fingerprint density at radius 3 is 1.95 bits per heavy atom. The molecule has 8 nitrogen and oxygen atoms in total. The molecule has 1 heterocycles. The lowest BCUT2D eigenvalue weighted by molar-refractivity contribution is -0.130. The van der Waals surface area contributed by atoms with Crippen molar-refractivity contribution in [1.29, 1.82) is 0 Å². The number of amides is 2. The van der Waals surface area contributed by atoms with Crippen molar-refractivity contribution >= 4 is 11.8 Å². The molecule has 1 aliphatic rings. The molecule has 218 valence electrons. The number of unbranched alkanes of at least 4 members (excludes halogenated alkanes) is 12. The maximum atomic E-state index is 11.7. The van der Waals surface area contributed by atoms with E-state index in [0.717, 1.165) is 37.2 Å². The fourth-order valence-electron chi connectivity index (χ4n) is 4.35. The highest BCUT2D eigenvalue weighted by Gasteiger charge is 2.13. The molecule has 8 heteroatoms. The van der Waals surface area contributed by atoms with Crippen LogP contribution in [0.15, 0.2) is 18.2 Å². The second-order valence-electron chi connectivity index (χ2n) is 10.2. The van der Waals surface area contributed by atoms with Gasteiger partial charge in [0, 0.05) is 19.5 Å². The molecule has 0 saturated carbocycles. The summed E-state index contributed by atoms with van der Waals surface area (Å²) >= 11 is 0. The highest BCUT2D eigenvalue weighted by Crippen LogP contribution is 2.18. The Morgan fingerprint density at radius 1 is 0.868 bits per heavy atom. The van der Waals surface area contributed by atoms with Crippen molar-refractivity contribution in [3.63, 3.8) is 0 Å². The molecule has 1 aliphatic heterocycles. The summed E-state index contributed by atoms with van der Waals surface area (Å²) in [6.07, 6.45) is 17.4. The largest absolute Gasteiger partial charge is 0.483 e. The van der Waals surface area contributed by atoms with Crippen LogP contribution in [0.5, 0.6) is 5.75 Å². The van der Waals surface area contributed by atoms with Crippen LogP contribution in [0.25, 0.3) is 0 Å². The molecular formula is C30H53N3O5. The maximum Gasteiger partial charge on any atom is 0.272 e. The molecule has 0 atom stereocenters. The lowest BCUT2D eigenvalue weighted by Gasteiger charge is -2.26. The molecule has 1 aromatic carbocycles. The standard InChI is InChI=1S/C16H33NO2.C14H20N2O3/c1-2-3-4-5-6-7-8-9-10-11-12-13-14-15-16(18)17-19;1-11-3-4-13(12(2)9-11)19-10-14(17)15-16-5-7-18-8-6-16/h19H,2-15H2,1H3,(H,17,18);3-4,9H,5-8,10H2,1-2H3,(H,15,17). The zero-order valence-corrected chi connectivity index (χ0v) is 24.2. The Kier molecular flexibility index (Phi) is 20.3. The number of carbonyl (C=O) groups excluding carboxylic acids is 2. The van der Waals surface area contributed by atoms with Crippen LogP contribution in [0.1, 0.15) is 108 Å². The second kappa shape index (κ2) is 22.8. The van der Waals surface area contributed by atoms with Crippen molar-refractivity contribution in [2.24, 2.45) is 0 Å². The normalized spacial score (nSPS) is 13.4. The predicted octanol–water partition coefficient (Wildman–Crippen LogP) is 6.02. The van der Waals surface area contributed by atoms with Gasteiger partial charge in [-0.25, -0.2) is 10.5 Å². The summed E-state index contributed by atoms with van der Waals surface area (Å²) in [5, 5.41) is 10.2. The first-order valence-corrected chi connectivity index (χ1v) is 14.7. The van der Waals surface area contributed by atoms with Crippen LogP contribution in [0.3, 0.4) is 0 Å². The topological polar surface area (TPSA) is 100 Å². The average molecular weight is 536 g/mol. The van der Waals surface area contributed by atoms with Crippen molar-refractivity contribution in [2.75, 3.05) is 32.9 Å².